The van der Waals surface area contributed by atoms with Gasteiger partial charge in [0, 0.05) is 4.88 Å². The number of anilines is 1. The fourth-order valence-electron chi connectivity index (χ4n) is 1.90. The monoisotopic (exact) mass is 279 g/mol. The third-order valence-corrected chi connectivity index (χ3v) is 4.46. The fourth-order valence-corrected chi connectivity index (χ4v) is 2.83. The smallest absolute Gasteiger partial charge is 0.138 e. The van der Waals surface area contributed by atoms with E-state index in [1.54, 1.807) is 17.7 Å². The molecule has 0 aliphatic rings. The Bertz CT molecular complexity index is 559. The number of nitrogens with zero attached hydrogens (tertiary/aromatic N) is 2. The number of thiophene rings is 1. The van der Waals surface area contributed by atoms with Gasteiger partial charge in [-0.15, -0.1) is 11.3 Å². The van der Waals surface area contributed by atoms with Crippen LogP contribution in [-0.2, 0) is 6.42 Å². The number of aromatic nitrogens is 2. The molecule has 2 aromatic heterocycles. The summed E-state index contributed by atoms with van der Waals surface area (Å²) in [6.45, 7) is 8.52. The first-order valence-electron chi connectivity index (χ1n) is 6.56. The Morgan fingerprint density at radius 2 is 2.11 bits per heavy atom. The van der Waals surface area contributed by atoms with Gasteiger partial charge in [-0.1, -0.05) is 27.7 Å². The van der Waals surface area contributed by atoms with Crippen molar-refractivity contribution >= 4 is 27.4 Å². The zero-order chi connectivity index (χ0) is 14.0. The van der Waals surface area contributed by atoms with Crippen LogP contribution in [-0.4, -0.2) is 27.7 Å². The lowest BCUT2D eigenvalue weighted by atomic mass is 9.87. The predicted octanol–water partition coefficient (Wildman–Crippen LogP) is 3.07. The molecule has 0 aliphatic heterocycles. The zero-order valence-electron chi connectivity index (χ0n) is 11.9. The predicted molar refractivity (Wildman–Crippen MR) is 80.7 cm³/mol. The molecular weight excluding hydrogens is 258 g/mol. The van der Waals surface area contributed by atoms with Crippen LogP contribution >= 0.6 is 11.3 Å². The molecule has 2 heterocycles. The number of hydrogen-bond donors (Lipinski definition) is 2. The number of nitrogens with one attached hydrogen (secondary N) is 1. The second-order valence-electron chi connectivity index (χ2n) is 5.75. The molecule has 104 valence electrons. The van der Waals surface area contributed by atoms with E-state index in [4.69, 9.17) is 0 Å². The van der Waals surface area contributed by atoms with Gasteiger partial charge in [-0.05, 0) is 17.9 Å². The van der Waals surface area contributed by atoms with Crippen molar-refractivity contribution in [2.75, 3.05) is 11.9 Å². The molecule has 0 aromatic carbocycles. The lowest BCUT2D eigenvalue weighted by Crippen LogP contribution is -2.37. The van der Waals surface area contributed by atoms with E-state index in [0.29, 0.717) is 0 Å². The van der Waals surface area contributed by atoms with E-state index in [1.807, 2.05) is 0 Å². The van der Waals surface area contributed by atoms with E-state index in [2.05, 4.69) is 49.0 Å². The van der Waals surface area contributed by atoms with Crippen LogP contribution in [0.25, 0.3) is 10.2 Å². The van der Waals surface area contributed by atoms with E-state index < -0.39 is 0 Å². The average molecular weight is 279 g/mol. The molecule has 0 aliphatic carbocycles. The first kappa shape index (κ1) is 14.2. The van der Waals surface area contributed by atoms with Crippen molar-refractivity contribution in [1.82, 2.24) is 9.97 Å². The summed E-state index contributed by atoms with van der Waals surface area (Å²) < 4.78 is 0. The third-order valence-electron chi connectivity index (χ3n) is 3.27. The number of aliphatic hydroxyl groups is 1. The maximum atomic E-state index is 9.54. The van der Waals surface area contributed by atoms with Crippen LogP contribution in [0.1, 0.15) is 32.6 Å². The minimum atomic E-state index is -0.0321. The summed E-state index contributed by atoms with van der Waals surface area (Å²) in [5, 5.41) is 13.9. The number of aryl methyl sites for hydroxylation is 1. The van der Waals surface area contributed by atoms with Gasteiger partial charge >= 0.3 is 0 Å². The summed E-state index contributed by atoms with van der Waals surface area (Å²) in [7, 11) is 0. The van der Waals surface area contributed by atoms with E-state index in [9.17, 15) is 5.11 Å². The van der Waals surface area contributed by atoms with Crippen molar-refractivity contribution in [3.8, 4) is 0 Å². The quantitative estimate of drug-likeness (QED) is 0.903. The Labute approximate surface area is 117 Å². The number of fused-ring (bicyclic) bond motifs is 1. The fraction of sp³-hybridized carbons (Fsp3) is 0.571. The summed E-state index contributed by atoms with van der Waals surface area (Å²) in [4.78, 5) is 10.9. The van der Waals surface area contributed by atoms with Gasteiger partial charge in [0.05, 0.1) is 18.0 Å². The Morgan fingerprint density at radius 1 is 1.37 bits per heavy atom. The summed E-state index contributed by atoms with van der Waals surface area (Å²) in [6.07, 6.45) is 2.58. The second kappa shape index (κ2) is 5.43. The minimum absolute atomic E-state index is 0.0319. The van der Waals surface area contributed by atoms with Gasteiger partial charge in [-0.2, -0.15) is 0 Å². The van der Waals surface area contributed by atoms with E-state index >= 15 is 0 Å². The third kappa shape index (κ3) is 3.04. The molecule has 0 spiro atoms. The van der Waals surface area contributed by atoms with Gasteiger partial charge in [-0.25, -0.2) is 9.97 Å². The van der Waals surface area contributed by atoms with Crippen molar-refractivity contribution in [1.29, 1.82) is 0 Å². The van der Waals surface area contributed by atoms with Crippen molar-refractivity contribution in [2.45, 2.75) is 40.2 Å². The van der Waals surface area contributed by atoms with E-state index in [1.165, 1.54) is 4.88 Å². The standard InChI is InChI=1S/C14H21N3OS/c1-5-9-6-10-12(15-8-16-13(10)19-9)17-11(7-18)14(2,3)4/h6,8,11,18H,5,7H2,1-4H3,(H,15,16,17)/t11-/m1/s1. The SMILES string of the molecule is CCc1cc2c(N[C@H](CO)C(C)(C)C)ncnc2s1. The summed E-state index contributed by atoms with van der Waals surface area (Å²) in [5.74, 6) is 0.815. The summed E-state index contributed by atoms with van der Waals surface area (Å²) in [6, 6.07) is 2.11. The van der Waals surface area contributed by atoms with Crippen LogP contribution in [0.15, 0.2) is 12.4 Å². The van der Waals surface area contributed by atoms with Crippen molar-refractivity contribution in [3.63, 3.8) is 0 Å². The van der Waals surface area contributed by atoms with Crippen molar-refractivity contribution in [3.05, 3.63) is 17.3 Å². The molecule has 0 fully saturated rings. The number of aliphatic hydroxyl groups excluding tert-OH is 1. The van der Waals surface area contributed by atoms with Crippen molar-refractivity contribution < 1.29 is 5.11 Å². The Hall–Kier alpha value is -1.20. The highest BCUT2D eigenvalue weighted by Gasteiger charge is 2.24. The largest absolute Gasteiger partial charge is 0.394 e. The van der Waals surface area contributed by atoms with Crippen LogP contribution in [0, 0.1) is 5.41 Å². The first-order valence-corrected chi connectivity index (χ1v) is 7.38. The summed E-state index contributed by atoms with van der Waals surface area (Å²) in [5.41, 5.74) is -0.0321. The first-order chi connectivity index (χ1) is 8.95. The van der Waals surface area contributed by atoms with Gasteiger partial charge in [0.15, 0.2) is 0 Å². The molecule has 0 radical (unpaired) electrons. The minimum Gasteiger partial charge on any atom is -0.394 e. The Morgan fingerprint density at radius 3 is 2.68 bits per heavy atom. The molecule has 2 aromatic rings. The second-order valence-corrected chi connectivity index (χ2v) is 6.87. The number of rotatable bonds is 4. The van der Waals surface area contributed by atoms with Gasteiger partial charge in [0.2, 0.25) is 0 Å². The van der Waals surface area contributed by atoms with Gasteiger partial charge in [0.25, 0.3) is 0 Å². The van der Waals surface area contributed by atoms with Crippen LogP contribution in [0.3, 0.4) is 0 Å². The van der Waals surface area contributed by atoms with Crippen LogP contribution in [0.2, 0.25) is 0 Å². The highest BCUT2D eigenvalue weighted by atomic mass is 32.1. The molecule has 5 heteroatoms. The van der Waals surface area contributed by atoms with Crippen LogP contribution < -0.4 is 5.32 Å². The van der Waals surface area contributed by atoms with E-state index in [0.717, 1.165) is 22.5 Å². The molecule has 19 heavy (non-hydrogen) atoms. The Kier molecular flexibility index (Phi) is 4.06. The average Bonchev–Trinajstić information content (AvgIpc) is 2.78. The van der Waals surface area contributed by atoms with Crippen LogP contribution in [0.4, 0.5) is 5.82 Å². The molecular formula is C14H21N3OS. The van der Waals surface area contributed by atoms with Gasteiger partial charge < -0.3 is 10.4 Å². The highest BCUT2D eigenvalue weighted by molar-refractivity contribution is 7.18. The molecule has 0 saturated carbocycles. The number of hydrogen-bond acceptors (Lipinski definition) is 5. The van der Waals surface area contributed by atoms with E-state index in [-0.39, 0.29) is 18.1 Å². The van der Waals surface area contributed by atoms with Crippen LogP contribution in [0.5, 0.6) is 0 Å². The summed E-state index contributed by atoms with van der Waals surface area (Å²) >= 11 is 1.70. The lowest BCUT2D eigenvalue weighted by Gasteiger charge is -2.30. The maximum Gasteiger partial charge on any atom is 0.138 e. The van der Waals surface area contributed by atoms with Gasteiger partial charge in [-0.3, -0.25) is 0 Å². The lowest BCUT2D eigenvalue weighted by molar-refractivity contribution is 0.201. The maximum absolute atomic E-state index is 9.54. The molecule has 0 unspecified atom stereocenters. The molecule has 0 amide bonds. The van der Waals surface area contributed by atoms with Gasteiger partial charge in [0.1, 0.15) is 17.0 Å². The normalized spacial score (nSPS) is 13.7. The molecule has 0 saturated heterocycles. The molecule has 2 N–H and O–H groups in total. The molecule has 4 nitrogen and oxygen atoms in total. The topological polar surface area (TPSA) is 58.0 Å². The molecule has 2 rings (SSSR count). The Balaban J connectivity index is 2.37. The highest BCUT2D eigenvalue weighted by Crippen LogP contribution is 2.30. The molecule has 0 bridgehead atoms. The zero-order valence-corrected chi connectivity index (χ0v) is 12.7. The van der Waals surface area contributed by atoms with Crippen molar-refractivity contribution in [2.24, 2.45) is 5.41 Å². The molecule has 1 atom stereocenters.